The second-order valence-electron chi connectivity index (χ2n) is 8.77. The highest BCUT2D eigenvalue weighted by Crippen LogP contribution is 2.31. The lowest BCUT2D eigenvalue weighted by atomic mass is 9.99. The lowest BCUT2D eigenvalue weighted by Gasteiger charge is -2.23. The summed E-state index contributed by atoms with van der Waals surface area (Å²) in [5.41, 5.74) is 1.70. The van der Waals surface area contributed by atoms with Crippen molar-refractivity contribution in [1.82, 2.24) is 14.9 Å². The summed E-state index contributed by atoms with van der Waals surface area (Å²) in [7, 11) is 0. The molecule has 1 atom stereocenters. The summed E-state index contributed by atoms with van der Waals surface area (Å²) in [6.07, 6.45) is -3.01. The minimum atomic E-state index is -5.08. The molecule has 2 aromatic heterocycles. The van der Waals surface area contributed by atoms with Gasteiger partial charge in [0.1, 0.15) is 6.54 Å². The zero-order chi connectivity index (χ0) is 26.2. The topological polar surface area (TPSA) is 101 Å². The maximum Gasteiger partial charge on any atom is 0.452 e. The van der Waals surface area contributed by atoms with Crippen molar-refractivity contribution in [3.63, 3.8) is 0 Å². The molecule has 36 heavy (non-hydrogen) atoms. The second-order valence-corrected chi connectivity index (χ2v) is 8.77. The van der Waals surface area contributed by atoms with Crippen LogP contribution in [0.15, 0.2) is 59.5 Å². The summed E-state index contributed by atoms with van der Waals surface area (Å²) < 4.78 is 40.6. The van der Waals surface area contributed by atoms with Crippen molar-refractivity contribution in [2.45, 2.75) is 32.6 Å². The lowest BCUT2D eigenvalue weighted by molar-refractivity contribution is -0.174. The number of rotatable bonds is 7. The second kappa shape index (κ2) is 9.44. The van der Waals surface area contributed by atoms with E-state index in [2.05, 4.69) is 10.3 Å². The summed E-state index contributed by atoms with van der Waals surface area (Å²) in [5, 5.41) is 3.55. The van der Waals surface area contributed by atoms with Gasteiger partial charge in [-0.25, -0.2) is 0 Å². The number of hydrogen-bond acceptors (Lipinski definition) is 4. The summed E-state index contributed by atoms with van der Waals surface area (Å²) in [6, 6.07) is 12.0. The highest BCUT2D eigenvalue weighted by atomic mass is 19.4. The summed E-state index contributed by atoms with van der Waals surface area (Å²) in [5.74, 6) is -3.57. The SMILES string of the molecule is CC(C)C(NC(=O)Cn1cc2[nH]c3c(C=O)c(=O)ccc3c2cc1-c1ccccc1)C(=O)C(F)(F)F. The first kappa shape index (κ1) is 24.9. The highest BCUT2D eigenvalue weighted by Gasteiger charge is 2.45. The number of halogens is 3. The highest BCUT2D eigenvalue weighted by molar-refractivity contribution is 6.12. The summed E-state index contributed by atoms with van der Waals surface area (Å²) >= 11 is 0. The van der Waals surface area contributed by atoms with E-state index in [0.29, 0.717) is 33.8 Å². The number of hydrogen-bond donors (Lipinski definition) is 2. The molecule has 186 valence electrons. The third-order valence-corrected chi connectivity index (χ3v) is 5.97. The third-order valence-electron chi connectivity index (χ3n) is 5.97. The molecular formula is C26H22F3N3O4. The van der Waals surface area contributed by atoms with Crippen molar-refractivity contribution in [2.24, 2.45) is 5.92 Å². The maximum absolute atomic E-state index is 13.0. The third kappa shape index (κ3) is 4.66. The van der Waals surface area contributed by atoms with Crippen molar-refractivity contribution in [1.29, 1.82) is 0 Å². The molecule has 0 radical (unpaired) electrons. The zero-order valence-corrected chi connectivity index (χ0v) is 19.3. The molecule has 0 aliphatic heterocycles. The monoisotopic (exact) mass is 497 g/mol. The van der Waals surface area contributed by atoms with Crippen molar-refractivity contribution >= 4 is 39.8 Å². The van der Waals surface area contributed by atoms with Crippen LogP contribution in [0.4, 0.5) is 13.2 Å². The Bertz CT molecular complexity index is 1540. The number of fused-ring (bicyclic) bond motifs is 3. The Balaban J connectivity index is 1.81. The number of alkyl halides is 3. The lowest BCUT2D eigenvalue weighted by Crippen LogP contribution is -2.50. The molecule has 0 bridgehead atoms. The fourth-order valence-electron chi connectivity index (χ4n) is 4.20. The summed E-state index contributed by atoms with van der Waals surface area (Å²) in [6.45, 7) is 2.46. The molecule has 0 saturated heterocycles. The smallest absolute Gasteiger partial charge is 0.353 e. The standard InChI is InChI=1S/C26H22F3N3O4/c1-14(2)23(25(36)26(27,28)29)31-22(35)12-32-11-19-17(10-20(32)15-6-4-3-5-7-15)16-8-9-21(34)18(13-33)24(16)30-19/h3-11,13-14,23,30H,12H2,1-2H3,(H,31,35). The Hall–Kier alpha value is -4.21. The number of carbonyl (C=O) groups excluding carboxylic acids is 3. The number of nitrogens with zero attached hydrogens (tertiary/aromatic N) is 1. The van der Waals surface area contributed by atoms with Crippen LogP contribution in [-0.2, 0) is 16.1 Å². The van der Waals surface area contributed by atoms with Crippen molar-refractivity contribution in [3.8, 4) is 11.3 Å². The van der Waals surface area contributed by atoms with E-state index >= 15 is 0 Å². The number of aromatic amines is 1. The van der Waals surface area contributed by atoms with E-state index in [9.17, 15) is 32.3 Å². The number of Topliss-reactive ketones (excluding diaryl/α,β-unsaturated/α-hetero) is 1. The predicted octanol–water partition coefficient (Wildman–Crippen LogP) is 4.23. The van der Waals surface area contributed by atoms with Gasteiger partial charge in [-0.3, -0.25) is 19.2 Å². The molecule has 2 heterocycles. The molecule has 1 amide bonds. The van der Waals surface area contributed by atoms with Crippen LogP contribution in [0.25, 0.3) is 33.1 Å². The number of carbonyl (C=O) groups is 3. The van der Waals surface area contributed by atoms with Gasteiger partial charge in [0.05, 0.1) is 22.6 Å². The Morgan fingerprint density at radius 1 is 1.08 bits per heavy atom. The van der Waals surface area contributed by atoms with E-state index in [1.54, 1.807) is 42.6 Å². The Kier molecular flexibility index (Phi) is 6.53. The predicted molar refractivity (Wildman–Crippen MR) is 129 cm³/mol. The number of nitrogens with one attached hydrogen (secondary N) is 2. The maximum atomic E-state index is 13.0. The van der Waals surface area contributed by atoms with Gasteiger partial charge in [-0.2, -0.15) is 13.2 Å². The Morgan fingerprint density at radius 2 is 1.78 bits per heavy atom. The fourth-order valence-corrected chi connectivity index (χ4v) is 4.20. The van der Waals surface area contributed by atoms with Crippen molar-refractivity contribution in [2.75, 3.05) is 0 Å². The minimum Gasteiger partial charge on any atom is -0.353 e. The number of ketones is 1. The molecule has 0 fully saturated rings. The molecule has 2 N–H and O–H groups in total. The average Bonchev–Trinajstić information content (AvgIpc) is 3.18. The first-order chi connectivity index (χ1) is 17.0. The number of aldehydes is 1. The fraction of sp³-hybridized carbons (Fsp3) is 0.231. The largest absolute Gasteiger partial charge is 0.452 e. The van der Waals surface area contributed by atoms with Gasteiger partial charge in [-0.1, -0.05) is 44.2 Å². The van der Waals surface area contributed by atoms with Gasteiger partial charge in [0, 0.05) is 22.7 Å². The van der Waals surface area contributed by atoms with Crippen LogP contribution in [-0.4, -0.2) is 39.7 Å². The van der Waals surface area contributed by atoms with E-state index in [1.807, 2.05) is 6.07 Å². The molecule has 10 heteroatoms. The van der Waals surface area contributed by atoms with Crippen LogP contribution in [0.5, 0.6) is 0 Å². The van der Waals surface area contributed by atoms with Crippen LogP contribution in [0.3, 0.4) is 0 Å². The van der Waals surface area contributed by atoms with E-state index in [0.717, 1.165) is 5.56 Å². The van der Waals surface area contributed by atoms with E-state index in [1.165, 1.54) is 24.5 Å². The molecular weight excluding hydrogens is 475 g/mol. The molecule has 2 aromatic carbocycles. The van der Waals surface area contributed by atoms with Gasteiger partial charge in [0.2, 0.25) is 5.91 Å². The van der Waals surface area contributed by atoms with Gasteiger partial charge >= 0.3 is 6.18 Å². The number of aromatic nitrogens is 2. The first-order valence-corrected chi connectivity index (χ1v) is 11.1. The van der Waals surface area contributed by atoms with Gasteiger partial charge in [0.15, 0.2) is 11.7 Å². The van der Waals surface area contributed by atoms with Gasteiger partial charge in [-0.05, 0) is 29.7 Å². The molecule has 0 aliphatic carbocycles. The van der Waals surface area contributed by atoms with Crippen molar-refractivity contribution in [3.05, 3.63) is 70.5 Å². The first-order valence-electron chi connectivity index (χ1n) is 11.1. The van der Waals surface area contributed by atoms with Crippen molar-refractivity contribution < 1.29 is 27.6 Å². The van der Waals surface area contributed by atoms with Gasteiger partial charge in [-0.15, -0.1) is 0 Å². The van der Waals surface area contributed by atoms with Crippen LogP contribution < -0.4 is 10.7 Å². The minimum absolute atomic E-state index is 0.0281. The van der Waals surface area contributed by atoms with Crippen LogP contribution >= 0.6 is 0 Å². The molecule has 4 rings (SSSR count). The molecule has 1 unspecified atom stereocenters. The van der Waals surface area contributed by atoms with Crippen LogP contribution in [0.2, 0.25) is 0 Å². The van der Waals surface area contributed by atoms with Gasteiger partial charge in [0.25, 0.3) is 5.78 Å². The molecule has 7 nitrogen and oxygen atoms in total. The quantitative estimate of drug-likeness (QED) is 0.373. The normalized spacial score (nSPS) is 12.7. The molecule has 0 aliphatic rings. The van der Waals surface area contributed by atoms with E-state index < -0.39 is 35.3 Å². The molecule has 4 aromatic rings. The average molecular weight is 497 g/mol. The number of pyridine rings is 1. The molecule has 0 spiro atoms. The van der Waals surface area contributed by atoms with Crippen LogP contribution in [0.1, 0.15) is 24.2 Å². The Labute approximate surface area is 202 Å². The van der Waals surface area contributed by atoms with Gasteiger partial charge < -0.3 is 14.9 Å². The summed E-state index contributed by atoms with van der Waals surface area (Å²) in [4.78, 5) is 51.4. The number of benzene rings is 2. The van der Waals surface area contributed by atoms with E-state index in [4.69, 9.17) is 0 Å². The number of amides is 1. The van der Waals surface area contributed by atoms with Crippen LogP contribution in [0, 0.1) is 5.92 Å². The molecule has 0 saturated carbocycles. The zero-order valence-electron chi connectivity index (χ0n) is 19.3. The number of H-pyrrole nitrogens is 1. The van der Waals surface area contributed by atoms with E-state index in [-0.39, 0.29) is 12.1 Å². The Morgan fingerprint density at radius 3 is 2.39 bits per heavy atom.